The van der Waals surface area contributed by atoms with Crippen molar-refractivity contribution in [1.29, 1.82) is 0 Å². The number of rotatable bonds is 9. The predicted molar refractivity (Wildman–Crippen MR) is 105 cm³/mol. The summed E-state index contributed by atoms with van der Waals surface area (Å²) in [5.74, 6) is -0.112. The van der Waals surface area contributed by atoms with Crippen LogP contribution >= 0.6 is 0 Å². The fourth-order valence-corrected chi connectivity index (χ4v) is 3.41. The third-order valence-electron chi connectivity index (χ3n) is 5.04. The van der Waals surface area contributed by atoms with Crippen LogP contribution in [0.25, 0.3) is 0 Å². The SMILES string of the molecule is O=C(COC(=O)c1ccc(OC[C@H]2CCCO2)cc1)NCCC1=CCCCC1. The molecule has 0 bridgehead atoms. The number of carbonyl (C=O) groups excluding carboxylic acids is 2. The lowest BCUT2D eigenvalue weighted by atomic mass is 9.97. The molecule has 6 heteroatoms. The zero-order valence-corrected chi connectivity index (χ0v) is 16.3. The van der Waals surface area contributed by atoms with Gasteiger partial charge in [-0.25, -0.2) is 4.79 Å². The summed E-state index contributed by atoms with van der Waals surface area (Å²) in [6, 6.07) is 6.73. The number of hydrogen-bond donors (Lipinski definition) is 1. The molecule has 1 amide bonds. The van der Waals surface area contributed by atoms with Gasteiger partial charge in [-0.15, -0.1) is 0 Å². The van der Waals surface area contributed by atoms with Crippen LogP contribution in [0.2, 0.25) is 0 Å². The van der Waals surface area contributed by atoms with Gasteiger partial charge < -0.3 is 19.5 Å². The van der Waals surface area contributed by atoms with Gasteiger partial charge in [-0.3, -0.25) is 4.79 Å². The number of hydrogen-bond acceptors (Lipinski definition) is 5. The van der Waals surface area contributed by atoms with Gasteiger partial charge in [0.15, 0.2) is 6.61 Å². The molecule has 0 radical (unpaired) electrons. The number of allylic oxidation sites excluding steroid dienone is 1. The number of nitrogens with one attached hydrogen (secondary N) is 1. The zero-order valence-electron chi connectivity index (χ0n) is 16.3. The maximum absolute atomic E-state index is 12.1. The summed E-state index contributed by atoms with van der Waals surface area (Å²) >= 11 is 0. The third kappa shape index (κ3) is 6.68. The van der Waals surface area contributed by atoms with Gasteiger partial charge in [0.05, 0.1) is 11.7 Å². The minimum absolute atomic E-state index is 0.151. The minimum atomic E-state index is -0.518. The Balaban J connectivity index is 1.33. The van der Waals surface area contributed by atoms with E-state index in [1.54, 1.807) is 24.3 Å². The molecule has 1 aromatic carbocycles. The van der Waals surface area contributed by atoms with Gasteiger partial charge in [-0.05, 0) is 69.2 Å². The summed E-state index contributed by atoms with van der Waals surface area (Å²) in [5, 5.41) is 2.80. The zero-order chi connectivity index (χ0) is 19.6. The third-order valence-corrected chi connectivity index (χ3v) is 5.04. The van der Waals surface area contributed by atoms with Crippen molar-refractivity contribution in [1.82, 2.24) is 5.32 Å². The topological polar surface area (TPSA) is 73.9 Å². The summed E-state index contributed by atoms with van der Waals surface area (Å²) in [4.78, 5) is 23.9. The Hall–Kier alpha value is -2.34. The van der Waals surface area contributed by atoms with Gasteiger partial charge in [0.2, 0.25) is 0 Å². The van der Waals surface area contributed by atoms with Crippen LogP contribution in [0.3, 0.4) is 0 Å². The molecule has 28 heavy (non-hydrogen) atoms. The molecule has 0 aromatic heterocycles. The van der Waals surface area contributed by atoms with Crippen LogP contribution in [0.15, 0.2) is 35.9 Å². The van der Waals surface area contributed by atoms with E-state index >= 15 is 0 Å². The van der Waals surface area contributed by atoms with Gasteiger partial charge in [-0.1, -0.05) is 11.6 Å². The number of ether oxygens (including phenoxy) is 3. The highest BCUT2D eigenvalue weighted by atomic mass is 16.5. The second-order valence-corrected chi connectivity index (χ2v) is 7.25. The van der Waals surface area contributed by atoms with E-state index in [0.717, 1.165) is 38.7 Å². The molecule has 2 aliphatic rings. The first kappa shape index (κ1) is 20.4. The minimum Gasteiger partial charge on any atom is -0.491 e. The quantitative estimate of drug-likeness (QED) is 0.519. The van der Waals surface area contributed by atoms with E-state index in [4.69, 9.17) is 14.2 Å². The van der Waals surface area contributed by atoms with Crippen molar-refractivity contribution in [2.45, 2.75) is 51.0 Å². The van der Waals surface area contributed by atoms with Crippen molar-refractivity contribution < 1.29 is 23.8 Å². The molecule has 1 aliphatic carbocycles. The Morgan fingerprint density at radius 2 is 2.00 bits per heavy atom. The summed E-state index contributed by atoms with van der Waals surface area (Å²) in [5.41, 5.74) is 1.80. The number of benzene rings is 1. The number of amides is 1. The monoisotopic (exact) mass is 387 g/mol. The second kappa shape index (κ2) is 10.9. The van der Waals surface area contributed by atoms with Crippen molar-refractivity contribution in [2.24, 2.45) is 0 Å². The second-order valence-electron chi connectivity index (χ2n) is 7.25. The first-order valence-corrected chi connectivity index (χ1v) is 10.2. The van der Waals surface area contributed by atoms with Crippen LogP contribution in [0, 0.1) is 0 Å². The maximum Gasteiger partial charge on any atom is 0.338 e. The summed E-state index contributed by atoms with van der Waals surface area (Å²) in [6.45, 7) is 1.62. The van der Waals surface area contributed by atoms with E-state index in [-0.39, 0.29) is 18.6 Å². The summed E-state index contributed by atoms with van der Waals surface area (Å²) in [7, 11) is 0. The molecule has 0 unspecified atom stereocenters. The molecule has 1 heterocycles. The standard InChI is InChI=1S/C22H29NO5/c24-21(23-13-12-17-5-2-1-3-6-17)16-28-22(25)18-8-10-19(11-9-18)27-15-20-7-4-14-26-20/h5,8-11,20H,1-4,6-7,12-16H2,(H,23,24)/t20-/m1/s1. The molecule has 1 aromatic rings. The highest BCUT2D eigenvalue weighted by Gasteiger charge is 2.16. The highest BCUT2D eigenvalue weighted by Crippen LogP contribution is 2.19. The van der Waals surface area contributed by atoms with Gasteiger partial charge >= 0.3 is 5.97 Å². The molecular formula is C22H29NO5. The van der Waals surface area contributed by atoms with E-state index in [1.807, 2.05) is 0 Å². The Morgan fingerprint density at radius 1 is 1.14 bits per heavy atom. The normalized spacial score (nSPS) is 19.0. The average molecular weight is 387 g/mol. The van der Waals surface area contributed by atoms with Crippen LogP contribution < -0.4 is 10.1 Å². The predicted octanol–water partition coefficient (Wildman–Crippen LogP) is 3.41. The van der Waals surface area contributed by atoms with Gasteiger partial charge in [0.1, 0.15) is 12.4 Å². The molecule has 3 rings (SSSR count). The molecule has 0 saturated carbocycles. The van der Waals surface area contributed by atoms with Crippen molar-refractivity contribution in [3.63, 3.8) is 0 Å². The molecule has 1 atom stereocenters. The fraction of sp³-hybridized carbons (Fsp3) is 0.545. The van der Waals surface area contributed by atoms with Crippen molar-refractivity contribution in [3.8, 4) is 5.75 Å². The van der Waals surface area contributed by atoms with Crippen molar-refractivity contribution >= 4 is 11.9 Å². The maximum atomic E-state index is 12.1. The molecular weight excluding hydrogens is 358 g/mol. The molecule has 1 fully saturated rings. The Labute approximate surface area is 166 Å². The lowest BCUT2D eigenvalue weighted by Gasteiger charge is -2.13. The first-order valence-electron chi connectivity index (χ1n) is 10.2. The molecule has 1 aliphatic heterocycles. The van der Waals surface area contributed by atoms with Crippen LogP contribution in [-0.4, -0.2) is 44.3 Å². The Bertz CT molecular complexity index is 677. The molecule has 1 N–H and O–H groups in total. The lowest BCUT2D eigenvalue weighted by molar-refractivity contribution is -0.124. The van der Waals surface area contributed by atoms with Crippen molar-refractivity contribution in [2.75, 3.05) is 26.4 Å². The largest absolute Gasteiger partial charge is 0.491 e. The Kier molecular flexibility index (Phi) is 7.91. The van der Waals surface area contributed by atoms with Crippen LogP contribution in [0.5, 0.6) is 5.75 Å². The molecule has 152 valence electrons. The first-order chi connectivity index (χ1) is 13.7. The summed E-state index contributed by atoms with van der Waals surface area (Å²) in [6.07, 6.45) is 10.1. The van der Waals surface area contributed by atoms with E-state index in [0.29, 0.717) is 24.5 Å². The lowest BCUT2D eigenvalue weighted by Crippen LogP contribution is -2.29. The number of esters is 1. The molecule has 6 nitrogen and oxygen atoms in total. The van der Waals surface area contributed by atoms with E-state index in [9.17, 15) is 9.59 Å². The summed E-state index contributed by atoms with van der Waals surface area (Å²) < 4.78 is 16.3. The number of carbonyl (C=O) groups is 2. The highest BCUT2D eigenvalue weighted by molar-refractivity contribution is 5.91. The van der Waals surface area contributed by atoms with E-state index in [2.05, 4.69) is 11.4 Å². The van der Waals surface area contributed by atoms with E-state index < -0.39 is 5.97 Å². The molecule has 1 saturated heterocycles. The fourth-order valence-electron chi connectivity index (χ4n) is 3.41. The van der Waals surface area contributed by atoms with Crippen molar-refractivity contribution in [3.05, 3.63) is 41.5 Å². The Morgan fingerprint density at radius 3 is 2.71 bits per heavy atom. The van der Waals surface area contributed by atoms with Gasteiger partial charge in [0, 0.05) is 13.2 Å². The average Bonchev–Trinajstić information content (AvgIpc) is 3.25. The van der Waals surface area contributed by atoms with Crippen LogP contribution in [0.1, 0.15) is 55.3 Å². The van der Waals surface area contributed by atoms with Gasteiger partial charge in [-0.2, -0.15) is 0 Å². The van der Waals surface area contributed by atoms with Crippen LogP contribution in [0.4, 0.5) is 0 Å². The molecule has 0 spiro atoms. The van der Waals surface area contributed by atoms with Gasteiger partial charge in [0.25, 0.3) is 5.91 Å². The van der Waals surface area contributed by atoms with E-state index in [1.165, 1.54) is 18.4 Å². The van der Waals surface area contributed by atoms with Crippen LogP contribution in [-0.2, 0) is 14.3 Å². The smallest absolute Gasteiger partial charge is 0.338 e.